The quantitative estimate of drug-likeness (QED) is 0.330. The maximum Gasteiger partial charge on any atom is 0.243 e. The van der Waals surface area contributed by atoms with Crippen molar-refractivity contribution < 1.29 is 22.7 Å². The first-order valence-corrected chi connectivity index (χ1v) is 17.5. The van der Waals surface area contributed by atoms with Gasteiger partial charge < -0.3 is 19.5 Å². The number of para-hydroxylation sites is 1. The number of likely N-dealkylation sites (tertiary alicyclic amines) is 1. The molecule has 47 heavy (non-hydrogen) atoms. The molecule has 2 saturated heterocycles. The SMILES string of the molecule is O=C([C@@H]1CCN(S(=O)(=O)c2ccc(F)cc2)C[C@H]1c1ccccc1)N1CCC(O)(CN2C=c3ccn(-c4ccccc4)c3=NC2)CC1. The van der Waals surface area contributed by atoms with Crippen LogP contribution >= 0.6 is 0 Å². The molecular weight excluding hydrogens is 617 g/mol. The van der Waals surface area contributed by atoms with Gasteiger partial charge in [0.05, 0.1) is 10.5 Å². The number of hydrogen-bond donors (Lipinski definition) is 1. The van der Waals surface area contributed by atoms with Crippen LogP contribution in [0.4, 0.5) is 4.39 Å². The van der Waals surface area contributed by atoms with Crippen LogP contribution < -0.4 is 10.7 Å². The molecule has 0 radical (unpaired) electrons. The molecule has 1 N–H and O–H groups in total. The van der Waals surface area contributed by atoms with Crippen molar-refractivity contribution in [2.75, 3.05) is 39.4 Å². The zero-order valence-electron chi connectivity index (χ0n) is 26.0. The Morgan fingerprint density at radius 3 is 2.30 bits per heavy atom. The summed E-state index contributed by atoms with van der Waals surface area (Å²) in [6.45, 7) is 2.05. The monoisotopic (exact) mass is 655 g/mol. The summed E-state index contributed by atoms with van der Waals surface area (Å²) in [4.78, 5) is 22.8. The number of amides is 1. The number of carbonyl (C=O) groups is 1. The van der Waals surface area contributed by atoms with Gasteiger partial charge in [-0.05, 0) is 67.3 Å². The minimum absolute atomic E-state index is 0.00818. The van der Waals surface area contributed by atoms with Crippen molar-refractivity contribution in [1.82, 2.24) is 18.7 Å². The molecule has 0 bridgehead atoms. The lowest BCUT2D eigenvalue weighted by Crippen LogP contribution is -2.55. The van der Waals surface area contributed by atoms with Crippen molar-refractivity contribution in [2.24, 2.45) is 10.9 Å². The summed E-state index contributed by atoms with van der Waals surface area (Å²) in [5.41, 5.74) is 1.88. The number of sulfonamides is 1. The van der Waals surface area contributed by atoms with Crippen molar-refractivity contribution in [3.05, 3.63) is 119 Å². The van der Waals surface area contributed by atoms with Crippen molar-refractivity contribution in [2.45, 2.75) is 35.7 Å². The van der Waals surface area contributed by atoms with E-state index in [0.29, 0.717) is 45.6 Å². The number of hydrogen-bond acceptors (Lipinski definition) is 6. The van der Waals surface area contributed by atoms with Crippen LogP contribution in [0.5, 0.6) is 0 Å². The molecule has 1 aromatic heterocycles. The van der Waals surface area contributed by atoms with Crippen LogP contribution in [0.3, 0.4) is 0 Å². The molecule has 2 atom stereocenters. The van der Waals surface area contributed by atoms with Gasteiger partial charge in [-0.25, -0.2) is 17.8 Å². The Bertz CT molecular complexity index is 1960. The van der Waals surface area contributed by atoms with Crippen LogP contribution in [0.2, 0.25) is 0 Å². The van der Waals surface area contributed by atoms with Gasteiger partial charge in [-0.2, -0.15) is 4.31 Å². The fourth-order valence-electron chi connectivity index (χ4n) is 7.14. The van der Waals surface area contributed by atoms with E-state index in [1.807, 2.05) is 82.7 Å². The van der Waals surface area contributed by atoms with Crippen LogP contribution in [-0.2, 0) is 14.8 Å². The maximum atomic E-state index is 14.1. The van der Waals surface area contributed by atoms with Crippen LogP contribution in [0.25, 0.3) is 11.9 Å². The predicted octanol–water partition coefficient (Wildman–Crippen LogP) is 3.10. The zero-order valence-corrected chi connectivity index (χ0v) is 26.8. The van der Waals surface area contributed by atoms with E-state index in [1.165, 1.54) is 16.4 Å². The fraction of sp³-hybridized carbons (Fsp3) is 0.333. The number of β-amino-alcohol motifs (C(OH)–C–C–N with tert-alkyl or cyclic N) is 1. The number of piperidine rings is 2. The second-order valence-corrected chi connectivity index (χ2v) is 14.7. The van der Waals surface area contributed by atoms with Gasteiger partial charge in [-0.1, -0.05) is 48.5 Å². The molecular formula is C36H38FN5O4S. The molecule has 3 aliphatic heterocycles. The third-order valence-electron chi connectivity index (χ3n) is 9.72. The first-order chi connectivity index (χ1) is 22.7. The average Bonchev–Trinajstić information content (AvgIpc) is 3.52. The van der Waals surface area contributed by atoms with E-state index in [4.69, 9.17) is 4.99 Å². The van der Waals surface area contributed by atoms with Gasteiger partial charge in [0.15, 0.2) is 0 Å². The van der Waals surface area contributed by atoms with Gasteiger partial charge in [0.2, 0.25) is 15.9 Å². The van der Waals surface area contributed by atoms with E-state index in [9.17, 15) is 22.7 Å². The largest absolute Gasteiger partial charge is 0.388 e. The number of carbonyl (C=O) groups excluding carboxylic acids is 1. The third kappa shape index (κ3) is 6.35. The minimum Gasteiger partial charge on any atom is -0.388 e. The summed E-state index contributed by atoms with van der Waals surface area (Å²) in [6, 6.07) is 26.5. The van der Waals surface area contributed by atoms with E-state index in [0.717, 1.165) is 34.1 Å². The first kappa shape index (κ1) is 31.3. The summed E-state index contributed by atoms with van der Waals surface area (Å²) < 4.78 is 44.0. The van der Waals surface area contributed by atoms with Crippen molar-refractivity contribution in [3.8, 4) is 5.69 Å². The smallest absolute Gasteiger partial charge is 0.243 e. The highest BCUT2D eigenvalue weighted by Crippen LogP contribution is 2.37. The van der Waals surface area contributed by atoms with Crippen LogP contribution in [0, 0.1) is 11.7 Å². The standard InChI is InChI=1S/C36H38FN5O4S/c37-29-11-13-31(14-12-29)47(45,46)41-19-16-32(33(24-41)27-7-3-1-4-8-27)35(43)40-21-17-36(44,18-22-40)25-39-23-28-15-20-42(34(28)38-26-39)30-9-5-2-6-10-30/h1-15,20,23,32-33,44H,16-19,21-22,24-26H2/t32-,33+/m1/s1. The van der Waals surface area contributed by atoms with Gasteiger partial charge >= 0.3 is 0 Å². The second-order valence-electron chi connectivity index (χ2n) is 12.8. The lowest BCUT2D eigenvalue weighted by atomic mass is 9.80. The Balaban J connectivity index is 1.02. The van der Waals surface area contributed by atoms with E-state index in [-0.39, 0.29) is 29.8 Å². The molecule has 2 fully saturated rings. The van der Waals surface area contributed by atoms with Crippen LogP contribution in [-0.4, -0.2) is 83.1 Å². The number of benzene rings is 3. The highest BCUT2D eigenvalue weighted by atomic mass is 32.2. The summed E-state index contributed by atoms with van der Waals surface area (Å²) in [5, 5.41) is 12.6. The van der Waals surface area contributed by atoms with Gasteiger partial charge in [-0.15, -0.1) is 0 Å². The topological polar surface area (TPSA) is 98.5 Å². The normalized spacial score (nSPS) is 21.4. The predicted molar refractivity (Wildman–Crippen MR) is 176 cm³/mol. The number of fused-ring (bicyclic) bond motifs is 1. The maximum absolute atomic E-state index is 14.1. The molecule has 7 rings (SSSR count). The zero-order chi connectivity index (χ0) is 32.6. The van der Waals surface area contributed by atoms with Gasteiger partial charge in [0, 0.05) is 67.9 Å². The van der Waals surface area contributed by atoms with E-state index in [1.54, 1.807) is 0 Å². The number of nitrogens with zero attached hydrogens (tertiary/aromatic N) is 5. The van der Waals surface area contributed by atoms with Crippen molar-refractivity contribution in [1.29, 1.82) is 0 Å². The van der Waals surface area contributed by atoms with Crippen LogP contribution in [0.15, 0.2) is 107 Å². The Morgan fingerprint density at radius 2 is 1.60 bits per heavy atom. The average molecular weight is 656 g/mol. The fourth-order valence-corrected chi connectivity index (χ4v) is 8.62. The molecule has 0 saturated carbocycles. The van der Waals surface area contributed by atoms with Crippen molar-refractivity contribution >= 4 is 22.1 Å². The number of halogens is 1. The minimum atomic E-state index is -3.86. The molecule has 244 valence electrons. The van der Waals surface area contributed by atoms with E-state index in [2.05, 4.69) is 10.8 Å². The van der Waals surface area contributed by atoms with E-state index < -0.39 is 27.4 Å². The molecule has 1 amide bonds. The van der Waals surface area contributed by atoms with E-state index >= 15 is 0 Å². The summed E-state index contributed by atoms with van der Waals surface area (Å²) in [5.74, 6) is -1.24. The highest BCUT2D eigenvalue weighted by Gasteiger charge is 2.43. The highest BCUT2D eigenvalue weighted by molar-refractivity contribution is 7.89. The molecule has 4 heterocycles. The summed E-state index contributed by atoms with van der Waals surface area (Å²) in [7, 11) is -3.86. The molecule has 0 spiro atoms. The molecule has 0 aliphatic carbocycles. The number of aromatic nitrogens is 1. The molecule has 0 unspecified atom stereocenters. The number of aliphatic hydroxyl groups is 1. The molecule has 4 aromatic rings. The molecule has 9 nitrogen and oxygen atoms in total. The Morgan fingerprint density at radius 1 is 0.915 bits per heavy atom. The summed E-state index contributed by atoms with van der Waals surface area (Å²) >= 11 is 0. The van der Waals surface area contributed by atoms with Gasteiger partial charge in [-0.3, -0.25) is 4.79 Å². The summed E-state index contributed by atoms with van der Waals surface area (Å²) in [6.07, 6.45) is 5.31. The molecule has 3 aromatic carbocycles. The molecule has 3 aliphatic rings. The van der Waals surface area contributed by atoms with Gasteiger partial charge in [0.25, 0.3) is 0 Å². The van der Waals surface area contributed by atoms with Gasteiger partial charge in [0.1, 0.15) is 18.0 Å². The lowest BCUT2D eigenvalue weighted by Gasteiger charge is -2.44. The van der Waals surface area contributed by atoms with Crippen molar-refractivity contribution in [3.63, 3.8) is 0 Å². The Kier molecular flexibility index (Phi) is 8.46. The second kappa shape index (κ2) is 12.7. The Hall–Kier alpha value is -4.32. The lowest BCUT2D eigenvalue weighted by molar-refractivity contribution is -0.142. The first-order valence-electron chi connectivity index (χ1n) is 16.1. The molecule has 11 heteroatoms. The third-order valence-corrected chi connectivity index (χ3v) is 11.6. The van der Waals surface area contributed by atoms with Crippen LogP contribution in [0.1, 0.15) is 30.7 Å². The Labute approximate surface area is 273 Å². The number of rotatable bonds is 7.